The van der Waals surface area contributed by atoms with Gasteiger partial charge in [0.15, 0.2) is 5.82 Å². The lowest BCUT2D eigenvalue weighted by Crippen LogP contribution is -2.23. The third-order valence-electron chi connectivity index (χ3n) is 3.09. The number of nitrogens with zero attached hydrogens (tertiary/aromatic N) is 2. The van der Waals surface area contributed by atoms with Crippen LogP contribution >= 0.6 is 11.8 Å². The van der Waals surface area contributed by atoms with Gasteiger partial charge in [0.05, 0.1) is 5.69 Å². The Labute approximate surface area is 113 Å². The van der Waals surface area contributed by atoms with Crippen molar-refractivity contribution in [3.63, 3.8) is 0 Å². The van der Waals surface area contributed by atoms with E-state index in [1.54, 1.807) is 7.11 Å². The highest BCUT2D eigenvalue weighted by Gasteiger charge is 2.31. The van der Waals surface area contributed by atoms with Gasteiger partial charge in [0.1, 0.15) is 11.9 Å². The van der Waals surface area contributed by atoms with Gasteiger partial charge in [-0.1, -0.05) is 20.8 Å². The highest BCUT2D eigenvalue weighted by Crippen LogP contribution is 2.38. The minimum atomic E-state index is -0.0829. The molecule has 0 aromatic carbocycles. The summed E-state index contributed by atoms with van der Waals surface area (Å²) in [7, 11) is 3.63. The van der Waals surface area contributed by atoms with E-state index >= 15 is 0 Å². The third kappa shape index (κ3) is 2.47. The van der Waals surface area contributed by atoms with Crippen LogP contribution in [0.5, 0.6) is 0 Å². The number of thioether (sulfide) groups is 1. The summed E-state index contributed by atoms with van der Waals surface area (Å²) in [4.78, 5) is 9.34. The first kappa shape index (κ1) is 13.6. The van der Waals surface area contributed by atoms with Crippen molar-refractivity contribution in [3.8, 4) is 0 Å². The van der Waals surface area contributed by atoms with Crippen LogP contribution in [-0.4, -0.2) is 24.1 Å². The van der Waals surface area contributed by atoms with Crippen LogP contribution in [0.3, 0.4) is 0 Å². The second-order valence-electron chi connectivity index (χ2n) is 5.58. The van der Waals surface area contributed by atoms with Crippen molar-refractivity contribution in [1.82, 2.24) is 9.97 Å². The van der Waals surface area contributed by atoms with E-state index in [0.717, 1.165) is 28.8 Å². The zero-order chi connectivity index (χ0) is 13.3. The molecule has 4 nitrogen and oxygen atoms in total. The maximum Gasteiger partial charge on any atom is 0.160 e. The standard InChI is InChI=1S/C13H21N3OS/c1-13(2,3)10(17-5)12-15-9-7-18-6-8(9)11(14-4)16-12/h10H,6-7H2,1-5H3,(H,14,15,16). The number of rotatable bonds is 3. The highest BCUT2D eigenvalue weighted by atomic mass is 32.2. The fourth-order valence-corrected chi connectivity index (χ4v) is 3.28. The lowest BCUT2D eigenvalue weighted by Gasteiger charge is -2.28. The summed E-state index contributed by atoms with van der Waals surface area (Å²) in [6, 6.07) is 0. The Bertz CT molecular complexity index is 443. The van der Waals surface area contributed by atoms with E-state index < -0.39 is 0 Å². The summed E-state index contributed by atoms with van der Waals surface area (Å²) in [6.07, 6.45) is -0.0829. The molecule has 2 heterocycles. The normalized spacial score (nSPS) is 16.5. The average Bonchev–Trinajstić information content (AvgIpc) is 2.74. The van der Waals surface area contributed by atoms with E-state index in [4.69, 9.17) is 9.72 Å². The van der Waals surface area contributed by atoms with Crippen LogP contribution in [0.15, 0.2) is 0 Å². The molecule has 0 spiro atoms. The van der Waals surface area contributed by atoms with Gasteiger partial charge in [0.25, 0.3) is 0 Å². The van der Waals surface area contributed by atoms with Crippen LogP contribution in [0.1, 0.15) is 44.0 Å². The Hall–Kier alpha value is -0.810. The molecule has 1 aromatic rings. The summed E-state index contributed by atoms with van der Waals surface area (Å²) in [6.45, 7) is 6.43. The van der Waals surface area contributed by atoms with Gasteiger partial charge in [-0.05, 0) is 5.41 Å². The van der Waals surface area contributed by atoms with Crippen molar-refractivity contribution < 1.29 is 4.74 Å². The number of hydrogen-bond donors (Lipinski definition) is 1. The zero-order valence-corrected chi connectivity index (χ0v) is 12.5. The summed E-state index contributed by atoms with van der Waals surface area (Å²) in [5.41, 5.74) is 2.38. The maximum absolute atomic E-state index is 5.60. The van der Waals surface area contributed by atoms with E-state index in [1.807, 2.05) is 18.8 Å². The number of hydrogen-bond acceptors (Lipinski definition) is 5. The molecule has 1 N–H and O–H groups in total. The van der Waals surface area contributed by atoms with Crippen LogP contribution in [-0.2, 0) is 16.2 Å². The van der Waals surface area contributed by atoms with Crippen molar-refractivity contribution in [2.75, 3.05) is 19.5 Å². The highest BCUT2D eigenvalue weighted by molar-refractivity contribution is 7.98. The first-order valence-corrected chi connectivity index (χ1v) is 7.30. The fraction of sp³-hybridized carbons (Fsp3) is 0.692. The van der Waals surface area contributed by atoms with Gasteiger partial charge in [0.2, 0.25) is 0 Å². The molecule has 0 saturated heterocycles. The molecule has 1 unspecified atom stereocenters. The van der Waals surface area contributed by atoms with Crippen LogP contribution in [0, 0.1) is 5.41 Å². The van der Waals surface area contributed by atoms with Gasteiger partial charge in [-0.2, -0.15) is 11.8 Å². The smallest absolute Gasteiger partial charge is 0.160 e. The van der Waals surface area contributed by atoms with Gasteiger partial charge in [0, 0.05) is 31.2 Å². The van der Waals surface area contributed by atoms with Crippen molar-refractivity contribution in [3.05, 3.63) is 17.1 Å². The van der Waals surface area contributed by atoms with Crippen molar-refractivity contribution in [2.24, 2.45) is 5.41 Å². The number of aromatic nitrogens is 2. The lowest BCUT2D eigenvalue weighted by atomic mass is 9.88. The minimum absolute atomic E-state index is 0.0141. The first-order chi connectivity index (χ1) is 8.47. The summed E-state index contributed by atoms with van der Waals surface area (Å²) in [5, 5.41) is 3.18. The molecule has 0 saturated carbocycles. The van der Waals surface area contributed by atoms with Crippen LogP contribution < -0.4 is 5.32 Å². The molecule has 5 heteroatoms. The van der Waals surface area contributed by atoms with Gasteiger partial charge < -0.3 is 10.1 Å². The van der Waals surface area contributed by atoms with Crippen molar-refractivity contribution in [1.29, 1.82) is 0 Å². The Morgan fingerprint density at radius 2 is 2.00 bits per heavy atom. The fourth-order valence-electron chi connectivity index (χ4n) is 2.24. The van der Waals surface area contributed by atoms with Crippen LogP contribution in [0.2, 0.25) is 0 Å². The second kappa shape index (κ2) is 5.05. The van der Waals surface area contributed by atoms with Gasteiger partial charge >= 0.3 is 0 Å². The first-order valence-electron chi connectivity index (χ1n) is 6.15. The Morgan fingerprint density at radius 1 is 1.28 bits per heavy atom. The van der Waals surface area contributed by atoms with E-state index in [9.17, 15) is 0 Å². The van der Waals surface area contributed by atoms with Crippen molar-refractivity contribution in [2.45, 2.75) is 38.4 Å². The maximum atomic E-state index is 5.60. The van der Waals surface area contributed by atoms with Crippen LogP contribution in [0.4, 0.5) is 5.82 Å². The van der Waals surface area contributed by atoms with E-state index in [1.165, 1.54) is 5.56 Å². The molecular weight excluding hydrogens is 246 g/mol. The van der Waals surface area contributed by atoms with E-state index in [0.29, 0.717) is 0 Å². The van der Waals surface area contributed by atoms with E-state index in [2.05, 4.69) is 31.1 Å². The van der Waals surface area contributed by atoms with Gasteiger partial charge in [-0.3, -0.25) is 0 Å². The SMILES string of the molecule is CNc1nc(C(OC)C(C)(C)C)nc2c1CSC2. The quantitative estimate of drug-likeness (QED) is 0.912. The zero-order valence-electron chi connectivity index (χ0n) is 11.7. The molecule has 100 valence electrons. The average molecular weight is 267 g/mol. The second-order valence-corrected chi connectivity index (χ2v) is 6.57. The number of anilines is 1. The molecular formula is C13H21N3OS. The number of nitrogens with one attached hydrogen (secondary N) is 1. The molecule has 1 atom stereocenters. The summed E-state index contributed by atoms with van der Waals surface area (Å²) >= 11 is 1.88. The molecule has 1 aliphatic heterocycles. The monoisotopic (exact) mass is 267 g/mol. The number of ether oxygens (including phenoxy) is 1. The predicted molar refractivity (Wildman–Crippen MR) is 75.8 cm³/mol. The number of methoxy groups -OCH3 is 1. The molecule has 18 heavy (non-hydrogen) atoms. The topological polar surface area (TPSA) is 47.0 Å². The molecule has 2 rings (SSSR count). The Morgan fingerprint density at radius 3 is 2.56 bits per heavy atom. The molecule has 0 fully saturated rings. The molecule has 0 amide bonds. The Balaban J connectivity index is 2.46. The molecule has 0 bridgehead atoms. The van der Waals surface area contributed by atoms with Crippen LogP contribution in [0.25, 0.3) is 0 Å². The summed E-state index contributed by atoms with van der Waals surface area (Å²) in [5.74, 6) is 3.71. The van der Waals surface area contributed by atoms with Crippen molar-refractivity contribution >= 4 is 17.6 Å². The van der Waals surface area contributed by atoms with Gasteiger partial charge in [-0.15, -0.1) is 0 Å². The van der Waals surface area contributed by atoms with E-state index in [-0.39, 0.29) is 11.5 Å². The largest absolute Gasteiger partial charge is 0.373 e. The minimum Gasteiger partial charge on any atom is -0.373 e. The lowest BCUT2D eigenvalue weighted by molar-refractivity contribution is 0.00863. The molecule has 0 aliphatic carbocycles. The summed E-state index contributed by atoms with van der Waals surface area (Å²) < 4.78 is 5.60. The predicted octanol–water partition coefficient (Wildman–Crippen LogP) is 3.00. The third-order valence-corrected chi connectivity index (χ3v) is 4.06. The molecule has 1 aromatic heterocycles. The molecule has 1 aliphatic rings. The number of fused-ring (bicyclic) bond motifs is 1. The Kier molecular flexibility index (Phi) is 3.82. The molecule has 0 radical (unpaired) electrons. The van der Waals surface area contributed by atoms with Gasteiger partial charge in [-0.25, -0.2) is 9.97 Å².